The Labute approximate surface area is 227 Å². The molecule has 0 spiro atoms. The molecular formula is C32H68AsCl. The molecular weight excluding hydrogens is 495 g/mol. The van der Waals surface area contributed by atoms with Gasteiger partial charge in [0.2, 0.25) is 0 Å². The van der Waals surface area contributed by atoms with Crippen molar-refractivity contribution in [3.63, 3.8) is 0 Å². The molecule has 0 aromatic heterocycles. The van der Waals surface area contributed by atoms with Crippen LogP contribution >= 0.6 is 0 Å². The molecule has 0 aromatic carbocycles. The minimum absolute atomic E-state index is 0. The molecule has 0 aliphatic carbocycles. The van der Waals surface area contributed by atoms with Crippen LogP contribution in [0.5, 0.6) is 0 Å². The standard InChI is InChI=1S/C32H68As.ClH/c1-5-9-13-17-21-25-29-33(30-26-22-18-14-10-6-2,31-27-23-19-15-11-7-3)32-28-24-20-16-12-8-4;/h5-32H2,1-4H3;1H/q+1;/p-1. The third-order valence-corrected chi connectivity index (χ3v) is 18.6. The van der Waals surface area contributed by atoms with Crippen molar-refractivity contribution >= 4 is 13.6 Å². The van der Waals surface area contributed by atoms with Crippen LogP contribution in [0.15, 0.2) is 0 Å². The van der Waals surface area contributed by atoms with Crippen molar-refractivity contribution in [2.45, 2.75) is 203 Å². The molecule has 0 nitrogen and oxygen atoms in total. The third-order valence-electron chi connectivity index (χ3n) is 7.94. The second-order valence-corrected chi connectivity index (χ2v) is 20.7. The van der Waals surface area contributed by atoms with Crippen molar-refractivity contribution < 1.29 is 12.4 Å². The first-order valence-corrected chi connectivity index (χ1v) is 21.4. The van der Waals surface area contributed by atoms with Crippen LogP contribution in [0.4, 0.5) is 0 Å². The summed E-state index contributed by atoms with van der Waals surface area (Å²) >= 11 is -1.49. The summed E-state index contributed by atoms with van der Waals surface area (Å²) in [5.74, 6) is 0. The Morgan fingerprint density at radius 1 is 0.265 bits per heavy atom. The van der Waals surface area contributed by atoms with Crippen molar-refractivity contribution in [2.75, 3.05) is 0 Å². The zero-order chi connectivity index (χ0) is 24.3. The van der Waals surface area contributed by atoms with Crippen LogP contribution in [0.3, 0.4) is 0 Å². The second-order valence-electron chi connectivity index (χ2n) is 11.3. The van der Waals surface area contributed by atoms with Gasteiger partial charge in [-0.05, 0) is 0 Å². The van der Waals surface area contributed by atoms with Gasteiger partial charge >= 0.3 is 216 Å². The summed E-state index contributed by atoms with van der Waals surface area (Å²) in [6, 6.07) is 0. The summed E-state index contributed by atoms with van der Waals surface area (Å²) in [5, 5.41) is 6.85. The smallest absolute Gasteiger partial charge is 1.00 e. The van der Waals surface area contributed by atoms with Gasteiger partial charge in [0.15, 0.2) is 0 Å². The molecule has 0 aliphatic heterocycles. The van der Waals surface area contributed by atoms with E-state index in [1.165, 1.54) is 128 Å². The molecule has 0 rings (SSSR count). The van der Waals surface area contributed by atoms with Crippen LogP contribution in [-0.4, -0.2) is 13.6 Å². The first kappa shape index (κ1) is 37.0. The molecule has 2 heteroatoms. The molecule has 0 aliphatic rings. The van der Waals surface area contributed by atoms with E-state index in [-0.39, 0.29) is 12.4 Å². The van der Waals surface area contributed by atoms with Crippen LogP contribution in [-0.2, 0) is 0 Å². The maximum atomic E-state index is 2.35. The first-order valence-electron chi connectivity index (χ1n) is 16.1. The van der Waals surface area contributed by atoms with Gasteiger partial charge < -0.3 is 12.4 Å². The molecule has 0 radical (unpaired) electrons. The molecule has 0 saturated heterocycles. The van der Waals surface area contributed by atoms with Crippen molar-refractivity contribution in [1.29, 1.82) is 0 Å². The van der Waals surface area contributed by atoms with Gasteiger partial charge in [-0.3, -0.25) is 0 Å². The molecule has 0 saturated carbocycles. The average Bonchev–Trinajstić information content (AvgIpc) is 2.83. The Morgan fingerprint density at radius 3 is 0.647 bits per heavy atom. The summed E-state index contributed by atoms with van der Waals surface area (Å²) in [6.45, 7) is 9.39. The van der Waals surface area contributed by atoms with Crippen LogP contribution in [0.2, 0.25) is 20.8 Å². The third kappa shape index (κ3) is 24.5. The van der Waals surface area contributed by atoms with Crippen LogP contribution in [0.25, 0.3) is 0 Å². The predicted molar refractivity (Wildman–Crippen MR) is 158 cm³/mol. The van der Waals surface area contributed by atoms with Crippen molar-refractivity contribution in [3.05, 3.63) is 0 Å². The number of unbranched alkanes of at least 4 members (excludes halogenated alkanes) is 20. The van der Waals surface area contributed by atoms with Crippen molar-refractivity contribution in [2.24, 2.45) is 0 Å². The van der Waals surface area contributed by atoms with Gasteiger partial charge in [-0.2, -0.15) is 0 Å². The average molecular weight is 563 g/mol. The molecule has 0 fully saturated rings. The quantitative estimate of drug-likeness (QED) is 0.0657. The molecule has 208 valence electrons. The van der Waals surface area contributed by atoms with E-state index in [9.17, 15) is 0 Å². The number of rotatable bonds is 28. The zero-order valence-electron chi connectivity index (χ0n) is 24.6. The van der Waals surface area contributed by atoms with Gasteiger partial charge in [0.25, 0.3) is 0 Å². The topological polar surface area (TPSA) is 0 Å². The molecule has 0 N–H and O–H groups in total. The van der Waals surface area contributed by atoms with E-state index in [0.29, 0.717) is 0 Å². The fourth-order valence-corrected chi connectivity index (χ4v) is 15.9. The summed E-state index contributed by atoms with van der Waals surface area (Å²) in [6.07, 6.45) is 35.8. The van der Waals surface area contributed by atoms with Crippen LogP contribution in [0, 0.1) is 0 Å². The maximum Gasteiger partial charge on any atom is -1.00 e. The number of hydrogen-bond donors (Lipinski definition) is 0. The predicted octanol–water partition coefficient (Wildman–Crippen LogP) is 9.88. The fourth-order valence-electron chi connectivity index (χ4n) is 5.58. The van der Waals surface area contributed by atoms with Crippen molar-refractivity contribution in [3.8, 4) is 0 Å². The van der Waals surface area contributed by atoms with Gasteiger partial charge in [-0.15, -0.1) is 0 Å². The van der Waals surface area contributed by atoms with Gasteiger partial charge in [-0.1, -0.05) is 0 Å². The Morgan fingerprint density at radius 2 is 0.441 bits per heavy atom. The Kier molecular flexibility index (Phi) is 32.7. The first-order chi connectivity index (χ1) is 16.2. The van der Waals surface area contributed by atoms with Crippen LogP contribution in [0.1, 0.15) is 182 Å². The molecule has 0 atom stereocenters. The van der Waals surface area contributed by atoms with Crippen LogP contribution < -0.4 is 12.4 Å². The van der Waals surface area contributed by atoms with E-state index in [1.54, 1.807) is 46.5 Å². The molecule has 34 heavy (non-hydrogen) atoms. The maximum absolute atomic E-state index is 2.35. The monoisotopic (exact) mass is 562 g/mol. The largest absolute Gasteiger partial charge is 1.00 e. The summed E-state index contributed by atoms with van der Waals surface area (Å²) < 4.78 is 0. The van der Waals surface area contributed by atoms with E-state index in [2.05, 4.69) is 27.7 Å². The van der Waals surface area contributed by atoms with E-state index in [0.717, 1.165) is 0 Å². The van der Waals surface area contributed by atoms with Gasteiger partial charge in [0.05, 0.1) is 0 Å². The van der Waals surface area contributed by atoms with Gasteiger partial charge in [-0.25, -0.2) is 0 Å². The van der Waals surface area contributed by atoms with Gasteiger partial charge in [0.1, 0.15) is 0 Å². The fraction of sp³-hybridized carbons (Fsp3) is 1.00. The summed E-state index contributed by atoms with van der Waals surface area (Å²) in [7, 11) is 0. The van der Waals surface area contributed by atoms with E-state index >= 15 is 0 Å². The molecule has 0 heterocycles. The normalized spacial score (nSPS) is 11.6. The Bertz CT molecular complexity index is 287. The SMILES string of the molecule is CCCCCCCC[As+](CCCCCCCC)(CCCCCCCC)CCCCCCCC.[Cl-]. The molecule has 0 unspecified atom stereocenters. The minimum atomic E-state index is -1.49. The minimum Gasteiger partial charge on any atom is -1.00 e. The summed E-state index contributed by atoms with van der Waals surface area (Å²) in [4.78, 5) is 0. The Balaban J connectivity index is 0. The number of hydrogen-bond acceptors (Lipinski definition) is 0. The second kappa shape index (κ2) is 30.1. The molecule has 0 aromatic rings. The van der Waals surface area contributed by atoms with E-state index in [4.69, 9.17) is 0 Å². The van der Waals surface area contributed by atoms with Gasteiger partial charge in [0, 0.05) is 0 Å². The molecule has 0 bridgehead atoms. The van der Waals surface area contributed by atoms with Crippen molar-refractivity contribution in [1.82, 2.24) is 0 Å². The Hall–Kier alpha value is 0.848. The molecule has 0 amide bonds. The summed E-state index contributed by atoms with van der Waals surface area (Å²) in [5.41, 5.74) is 0. The van der Waals surface area contributed by atoms with E-state index < -0.39 is 13.6 Å². The zero-order valence-corrected chi connectivity index (χ0v) is 27.3. The van der Waals surface area contributed by atoms with E-state index in [1.807, 2.05) is 0 Å². The number of halogens is 1.